The quantitative estimate of drug-likeness (QED) is 0.721. The summed E-state index contributed by atoms with van der Waals surface area (Å²) >= 11 is 0. The number of hydrogen-bond acceptors (Lipinski definition) is 3. The minimum absolute atomic E-state index is 0.00218. The highest BCUT2D eigenvalue weighted by Gasteiger charge is 2.30. The van der Waals surface area contributed by atoms with Gasteiger partial charge in [-0.2, -0.15) is 0 Å². The van der Waals surface area contributed by atoms with Crippen molar-refractivity contribution in [3.63, 3.8) is 0 Å². The molecule has 5 heteroatoms. The molecule has 1 fully saturated rings. The molecule has 2 unspecified atom stereocenters. The monoisotopic (exact) mass is 408 g/mol. The van der Waals surface area contributed by atoms with E-state index in [0.29, 0.717) is 18.6 Å². The molecule has 1 aliphatic heterocycles. The topological polar surface area (TPSA) is 58.6 Å². The van der Waals surface area contributed by atoms with E-state index in [1.54, 1.807) is 0 Å². The van der Waals surface area contributed by atoms with Crippen LogP contribution >= 0.6 is 0 Å². The van der Waals surface area contributed by atoms with Crippen LogP contribution in [-0.4, -0.2) is 41.9 Å². The van der Waals surface area contributed by atoms with Gasteiger partial charge in [0.1, 0.15) is 11.8 Å². The fourth-order valence-corrected chi connectivity index (χ4v) is 3.81. The first-order chi connectivity index (χ1) is 14.6. The third kappa shape index (κ3) is 5.85. The first kappa shape index (κ1) is 21.9. The van der Waals surface area contributed by atoms with E-state index in [0.717, 1.165) is 43.5 Å². The van der Waals surface area contributed by atoms with Gasteiger partial charge in [-0.15, -0.1) is 0 Å². The van der Waals surface area contributed by atoms with E-state index in [-0.39, 0.29) is 11.8 Å². The molecule has 0 bridgehead atoms. The normalized spacial score (nSPS) is 15.9. The number of hydrogen-bond donors (Lipinski definition) is 1. The minimum Gasteiger partial charge on any atom is -0.480 e. The van der Waals surface area contributed by atoms with Gasteiger partial charge in [-0.05, 0) is 49.8 Å². The number of ether oxygens (including phenoxy) is 1. The number of benzene rings is 2. The summed E-state index contributed by atoms with van der Waals surface area (Å²) in [5, 5.41) is 3.00. The molecule has 0 aliphatic carbocycles. The van der Waals surface area contributed by atoms with Gasteiger partial charge in [0.05, 0.1) is 0 Å². The highest BCUT2D eigenvalue weighted by molar-refractivity contribution is 5.89. The lowest BCUT2D eigenvalue weighted by Crippen LogP contribution is -2.53. The number of para-hydroxylation sites is 1. The lowest BCUT2D eigenvalue weighted by molar-refractivity contribution is -0.139. The molecule has 2 atom stereocenters. The zero-order chi connectivity index (χ0) is 21.3. The fraction of sp³-hybridized carbons (Fsp3) is 0.440. The summed E-state index contributed by atoms with van der Waals surface area (Å²) in [5.74, 6) is 0.450. The second-order valence-electron chi connectivity index (χ2n) is 7.92. The third-order valence-corrected chi connectivity index (χ3v) is 5.59. The maximum atomic E-state index is 13.2. The SMILES string of the molecule is CCC(Oc1ccccc1C)C(=O)NC(Cc1ccccc1)C(=O)N1CCCCC1. The van der Waals surface area contributed by atoms with Crippen LogP contribution in [0.2, 0.25) is 0 Å². The lowest BCUT2D eigenvalue weighted by Gasteiger charge is -2.31. The van der Waals surface area contributed by atoms with Crippen LogP contribution in [0.1, 0.15) is 43.7 Å². The second-order valence-corrected chi connectivity index (χ2v) is 7.92. The van der Waals surface area contributed by atoms with E-state index < -0.39 is 12.1 Å². The standard InChI is InChI=1S/C25H32N2O3/c1-3-22(30-23-15-9-8-12-19(23)2)24(28)26-21(18-20-13-6-4-7-14-20)25(29)27-16-10-5-11-17-27/h4,6-9,12-15,21-22H,3,5,10-11,16-18H2,1-2H3,(H,26,28). The van der Waals surface area contributed by atoms with Crippen molar-refractivity contribution in [2.24, 2.45) is 0 Å². The molecule has 1 heterocycles. The number of amides is 2. The molecule has 160 valence electrons. The molecule has 30 heavy (non-hydrogen) atoms. The van der Waals surface area contributed by atoms with Crippen LogP contribution in [-0.2, 0) is 16.0 Å². The Bertz CT molecular complexity index is 831. The smallest absolute Gasteiger partial charge is 0.261 e. The molecule has 2 aromatic rings. The maximum Gasteiger partial charge on any atom is 0.261 e. The van der Waals surface area contributed by atoms with E-state index >= 15 is 0 Å². The van der Waals surface area contributed by atoms with E-state index in [1.165, 1.54) is 0 Å². The first-order valence-electron chi connectivity index (χ1n) is 10.9. The third-order valence-electron chi connectivity index (χ3n) is 5.59. The molecule has 2 aromatic carbocycles. The van der Waals surface area contributed by atoms with Crippen LogP contribution in [0.5, 0.6) is 5.75 Å². The molecular weight excluding hydrogens is 376 g/mol. The summed E-state index contributed by atoms with van der Waals surface area (Å²) < 4.78 is 6.00. The van der Waals surface area contributed by atoms with Crippen LogP contribution in [0, 0.1) is 6.92 Å². The summed E-state index contributed by atoms with van der Waals surface area (Å²) in [6.07, 6.45) is 3.55. The highest BCUT2D eigenvalue weighted by atomic mass is 16.5. The van der Waals surface area contributed by atoms with Crippen molar-refractivity contribution in [3.8, 4) is 5.75 Å². The van der Waals surface area contributed by atoms with Crippen LogP contribution < -0.4 is 10.1 Å². The number of piperidine rings is 1. The van der Waals surface area contributed by atoms with Gasteiger partial charge in [-0.1, -0.05) is 55.5 Å². The summed E-state index contributed by atoms with van der Waals surface area (Å²) in [6.45, 7) is 5.40. The van der Waals surface area contributed by atoms with Crippen LogP contribution in [0.25, 0.3) is 0 Å². The molecule has 0 radical (unpaired) electrons. The van der Waals surface area contributed by atoms with Crippen molar-refractivity contribution in [2.75, 3.05) is 13.1 Å². The van der Waals surface area contributed by atoms with Crippen molar-refractivity contribution in [1.29, 1.82) is 0 Å². The molecule has 5 nitrogen and oxygen atoms in total. The molecule has 3 rings (SSSR count). The average Bonchev–Trinajstić information content (AvgIpc) is 2.79. The number of nitrogens with one attached hydrogen (secondary N) is 1. The van der Waals surface area contributed by atoms with Gasteiger partial charge in [-0.25, -0.2) is 0 Å². The van der Waals surface area contributed by atoms with Gasteiger partial charge in [0.15, 0.2) is 6.10 Å². The summed E-state index contributed by atoms with van der Waals surface area (Å²) in [4.78, 5) is 28.2. The molecule has 1 saturated heterocycles. The van der Waals surface area contributed by atoms with Gasteiger partial charge in [0.25, 0.3) is 5.91 Å². The molecule has 1 N–H and O–H groups in total. The maximum absolute atomic E-state index is 13.2. The zero-order valence-corrected chi connectivity index (χ0v) is 18.0. The van der Waals surface area contributed by atoms with Gasteiger partial charge in [0, 0.05) is 19.5 Å². The Labute approximate surface area is 179 Å². The number of carbonyl (C=O) groups excluding carboxylic acids is 2. The summed E-state index contributed by atoms with van der Waals surface area (Å²) in [7, 11) is 0. The average molecular weight is 409 g/mol. The Balaban J connectivity index is 1.73. The van der Waals surface area contributed by atoms with E-state index in [9.17, 15) is 9.59 Å². The molecule has 0 saturated carbocycles. The van der Waals surface area contributed by atoms with Crippen molar-refractivity contribution in [3.05, 3.63) is 65.7 Å². The predicted molar refractivity (Wildman–Crippen MR) is 118 cm³/mol. The van der Waals surface area contributed by atoms with Gasteiger partial charge >= 0.3 is 0 Å². The molecule has 1 aliphatic rings. The Hall–Kier alpha value is -2.82. The number of likely N-dealkylation sites (tertiary alicyclic amines) is 1. The Morgan fingerprint density at radius 3 is 2.33 bits per heavy atom. The molecule has 2 amide bonds. The largest absolute Gasteiger partial charge is 0.480 e. The Kier molecular flexibility index (Phi) is 7.89. The lowest BCUT2D eigenvalue weighted by atomic mass is 10.0. The Morgan fingerprint density at radius 1 is 1.00 bits per heavy atom. The zero-order valence-electron chi connectivity index (χ0n) is 18.0. The van der Waals surface area contributed by atoms with Crippen molar-refractivity contribution in [1.82, 2.24) is 10.2 Å². The number of carbonyl (C=O) groups is 2. The number of nitrogens with zero attached hydrogens (tertiary/aromatic N) is 1. The van der Waals surface area contributed by atoms with Gasteiger partial charge in [0.2, 0.25) is 5.91 Å². The van der Waals surface area contributed by atoms with E-state index in [1.807, 2.05) is 73.3 Å². The van der Waals surface area contributed by atoms with Crippen molar-refractivity contribution >= 4 is 11.8 Å². The summed E-state index contributed by atoms with van der Waals surface area (Å²) in [5.41, 5.74) is 2.01. The second kappa shape index (κ2) is 10.8. The van der Waals surface area contributed by atoms with E-state index in [2.05, 4.69) is 5.32 Å². The summed E-state index contributed by atoms with van der Waals surface area (Å²) in [6, 6.07) is 16.9. The predicted octanol–water partition coefficient (Wildman–Crippen LogP) is 3.89. The highest BCUT2D eigenvalue weighted by Crippen LogP contribution is 2.19. The first-order valence-corrected chi connectivity index (χ1v) is 10.9. The minimum atomic E-state index is -0.640. The fourth-order valence-electron chi connectivity index (χ4n) is 3.81. The number of rotatable bonds is 8. The molecule has 0 aromatic heterocycles. The van der Waals surface area contributed by atoms with Crippen LogP contribution in [0.3, 0.4) is 0 Å². The van der Waals surface area contributed by atoms with Crippen molar-refractivity contribution in [2.45, 2.75) is 58.1 Å². The van der Waals surface area contributed by atoms with Crippen molar-refractivity contribution < 1.29 is 14.3 Å². The van der Waals surface area contributed by atoms with Crippen LogP contribution in [0.4, 0.5) is 0 Å². The van der Waals surface area contributed by atoms with E-state index in [4.69, 9.17) is 4.74 Å². The van der Waals surface area contributed by atoms with Crippen LogP contribution in [0.15, 0.2) is 54.6 Å². The Morgan fingerprint density at radius 2 is 1.67 bits per heavy atom. The van der Waals surface area contributed by atoms with Gasteiger partial charge < -0.3 is 15.0 Å². The molecular formula is C25H32N2O3. The van der Waals surface area contributed by atoms with Gasteiger partial charge in [-0.3, -0.25) is 9.59 Å². The number of aryl methyl sites for hydroxylation is 1. The molecule has 0 spiro atoms.